The van der Waals surface area contributed by atoms with E-state index in [-0.39, 0.29) is 0 Å². The van der Waals surface area contributed by atoms with Crippen LogP contribution in [0.4, 0.5) is 5.69 Å². The molecule has 0 aliphatic carbocycles. The standard InChI is InChI=1S/C17H18N6O3S2/c1-11-4-5-12(7-14(11)20-28(24,25)26)8-23-15-10-22(18)9-13(17(15)19-21-23)16-3-2-6-27-16/h2-7,9,20H,8,10,18H2,1H3,(H,24,25,26). The Morgan fingerprint density at radius 2 is 2.18 bits per heavy atom. The van der Waals surface area contributed by atoms with Crippen molar-refractivity contribution < 1.29 is 13.0 Å². The Bertz CT molecular complexity index is 1150. The van der Waals surface area contributed by atoms with Gasteiger partial charge in [0.25, 0.3) is 0 Å². The quantitative estimate of drug-likeness (QED) is 0.427. The number of nitrogens with zero attached hydrogens (tertiary/aromatic N) is 4. The first kappa shape index (κ1) is 18.6. The number of nitrogens with two attached hydrogens (primary N) is 1. The van der Waals surface area contributed by atoms with Crippen LogP contribution in [0.15, 0.2) is 41.9 Å². The zero-order valence-electron chi connectivity index (χ0n) is 14.9. The molecule has 0 saturated carbocycles. The number of aromatic nitrogens is 3. The summed E-state index contributed by atoms with van der Waals surface area (Å²) in [6.45, 7) is 2.59. The first-order chi connectivity index (χ1) is 13.3. The van der Waals surface area contributed by atoms with E-state index in [9.17, 15) is 8.42 Å². The summed E-state index contributed by atoms with van der Waals surface area (Å²) in [6.07, 6.45) is 1.85. The number of hydrazine groups is 1. The zero-order valence-corrected chi connectivity index (χ0v) is 16.5. The molecular weight excluding hydrogens is 400 g/mol. The molecule has 0 atom stereocenters. The third-order valence-electron chi connectivity index (χ3n) is 4.38. The predicted molar refractivity (Wildman–Crippen MR) is 107 cm³/mol. The van der Waals surface area contributed by atoms with Gasteiger partial charge in [0.1, 0.15) is 5.69 Å². The highest BCUT2D eigenvalue weighted by molar-refractivity contribution is 7.87. The van der Waals surface area contributed by atoms with Gasteiger partial charge < -0.3 is 5.01 Å². The molecule has 1 aromatic carbocycles. The zero-order chi connectivity index (χ0) is 19.9. The van der Waals surface area contributed by atoms with Gasteiger partial charge in [-0.15, -0.1) is 16.4 Å². The smallest absolute Gasteiger partial charge is 0.312 e. The van der Waals surface area contributed by atoms with Gasteiger partial charge in [-0.3, -0.25) is 9.27 Å². The SMILES string of the molecule is Cc1ccc(Cn2nnc3c2CN(N)C=C3c2cccs2)cc1NS(=O)(=O)O. The summed E-state index contributed by atoms with van der Waals surface area (Å²) in [4.78, 5) is 1.05. The maximum atomic E-state index is 11.1. The summed E-state index contributed by atoms with van der Waals surface area (Å²) < 4.78 is 35.2. The highest BCUT2D eigenvalue weighted by Crippen LogP contribution is 2.32. The van der Waals surface area contributed by atoms with Crippen molar-refractivity contribution >= 4 is 32.9 Å². The van der Waals surface area contributed by atoms with Crippen LogP contribution in [0.2, 0.25) is 0 Å². The maximum absolute atomic E-state index is 11.1. The second-order valence-corrected chi connectivity index (χ2v) is 8.56. The van der Waals surface area contributed by atoms with Gasteiger partial charge in [-0.25, -0.2) is 10.5 Å². The number of hydrogen-bond donors (Lipinski definition) is 3. The molecule has 28 heavy (non-hydrogen) atoms. The lowest BCUT2D eigenvalue weighted by atomic mass is 10.1. The Morgan fingerprint density at radius 3 is 2.89 bits per heavy atom. The van der Waals surface area contributed by atoms with E-state index in [0.29, 0.717) is 24.3 Å². The third-order valence-corrected chi connectivity index (χ3v) is 5.76. The average Bonchev–Trinajstić information content (AvgIpc) is 3.27. The fourth-order valence-electron chi connectivity index (χ4n) is 3.07. The minimum atomic E-state index is -4.35. The number of aryl methyl sites for hydroxylation is 1. The van der Waals surface area contributed by atoms with Crippen LogP contribution in [0.25, 0.3) is 5.57 Å². The van der Waals surface area contributed by atoms with Crippen LogP contribution >= 0.6 is 11.3 Å². The van der Waals surface area contributed by atoms with E-state index in [2.05, 4.69) is 15.0 Å². The minimum Gasteiger partial charge on any atom is -0.312 e. The second-order valence-electron chi connectivity index (χ2n) is 6.46. The fraction of sp³-hybridized carbons (Fsp3) is 0.176. The van der Waals surface area contributed by atoms with Gasteiger partial charge in [0.2, 0.25) is 0 Å². The molecule has 0 spiro atoms. The molecule has 146 valence electrons. The molecular formula is C17H18N6O3S2. The topological polar surface area (TPSA) is 126 Å². The van der Waals surface area contributed by atoms with Crippen molar-refractivity contribution in [2.24, 2.45) is 5.84 Å². The Morgan fingerprint density at radius 1 is 1.36 bits per heavy atom. The van der Waals surface area contributed by atoms with E-state index >= 15 is 0 Å². The fourth-order valence-corrected chi connectivity index (χ4v) is 4.31. The number of anilines is 1. The number of thiophene rings is 1. The third kappa shape index (κ3) is 3.78. The van der Waals surface area contributed by atoms with Crippen LogP contribution in [0, 0.1) is 6.92 Å². The van der Waals surface area contributed by atoms with E-state index < -0.39 is 10.3 Å². The summed E-state index contributed by atoms with van der Waals surface area (Å²) >= 11 is 1.60. The molecule has 1 aliphatic heterocycles. The van der Waals surface area contributed by atoms with E-state index in [1.54, 1.807) is 40.1 Å². The van der Waals surface area contributed by atoms with Crippen molar-refractivity contribution in [3.63, 3.8) is 0 Å². The summed E-state index contributed by atoms with van der Waals surface area (Å²) in [6, 6.07) is 9.29. The highest BCUT2D eigenvalue weighted by atomic mass is 32.2. The van der Waals surface area contributed by atoms with Crippen LogP contribution in [0.3, 0.4) is 0 Å². The number of hydrogen-bond acceptors (Lipinski definition) is 7. The molecule has 2 aromatic heterocycles. The Balaban J connectivity index is 1.67. The minimum absolute atomic E-state index is 0.314. The Hall–Kier alpha value is -2.73. The predicted octanol–water partition coefficient (Wildman–Crippen LogP) is 1.99. The molecule has 4 rings (SSSR count). The van der Waals surface area contributed by atoms with Crippen LogP contribution in [-0.2, 0) is 23.4 Å². The summed E-state index contributed by atoms with van der Waals surface area (Å²) in [5.74, 6) is 6.07. The van der Waals surface area contributed by atoms with Crippen molar-refractivity contribution in [2.75, 3.05) is 4.72 Å². The molecule has 9 nitrogen and oxygen atoms in total. The highest BCUT2D eigenvalue weighted by Gasteiger charge is 2.24. The normalized spacial score (nSPS) is 14.0. The molecule has 0 amide bonds. The molecule has 0 bridgehead atoms. The van der Waals surface area contributed by atoms with E-state index in [4.69, 9.17) is 10.4 Å². The number of rotatable bonds is 5. The maximum Gasteiger partial charge on any atom is 0.357 e. The lowest BCUT2D eigenvalue weighted by Gasteiger charge is -2.22. The lowest BCUT2D eigenvalue weighted by molar-refractivity contribution is 0.366. The van der Waals surface area contributed by atoms with Gasteiger partial charge in [-0.1, -0.05) is 23.4 Å². The van der Waals surface area contributed by atoms with Crippen LogP contribution in [0.1, 0.15) is 27.4 Å². The van der Waals surface area contributed by atoms with Gasteiger partial charge in [-0.2, -0.15) is 8.42 Å². The van der Waals surface area contributed by atoms with Crippen molar-refractivity contribution in [3.05, 3.63) is 69.3 Å². The van der Waals surface area contributed by atoms with Crippen molar-refractivity contribution in [1.82, 2.24) is 20.0 Å². The molecule has 11 heteroatoms. The number of nitrogens with one attached hydrogen (secondary N) is 1. The molecule has 1 aliphatic rings. The van der Waals surface area contributed by atoms with Crippen LogP contribution < -0.4 is 10.6 Å². The van der Waals surface area contributed by atoms with Crippen molar-refractivity contribution in [1.29, 1.82) is 0 Å². The first-order valence-corrected chi connectivity index (χ1v) is 10.7. The Kier molecular flexibility index (Phi) is 4.67. The average molecular weight is 419 g/mol. The largest absolute Gasteiger partial charge is 0.357 e. The molecule has 3 aromatic rings. The van der Waals surface area contributed by atoms with E-state index in [1.807, 2.05) is 29.8 Å². The van der Waals surface area contributed by atoms with Crippen molar-refractivity contribution in [3.8, 4) is 0 Å². The molecule has 3 heterocycles. The van der Waals surface area contributed by atoms with Gasteiger partial charge in [0.05, 0.1) is 24.5 Å². The lowest BCUT2D eigenvalue weighted by Crippen LogP contribution is -2.29. The Labute approximate surface area is 165 Å². The van der Waals surface area contributed by atoms with Gasteiger partial charge >= 0.3 is 10.3 Å². The molecule has 0 saturated heterocycles. The van der Waals surface area contributed by atoms with Crippen molar-refractivity contribution in [2.45, 2.75) is 20.0 Å². The van der Waals surface area contributed by atoms with E-state index in [0.717, 1.165) is 27.4 Å². The van der Waals surface area contributed by atoms with Gasteiger partial charge in [-0.05, 0) is 35.6 Å². The summed E-state index contributed by atoms with van der Waals surface area (Å²) in [7, 11) is -4.35. The summed E-state index contributed by atoms with van der Waals surface area (Å²) in [5, 5.41) is 12.2. The number of fused-ring (bicyclic) bond motifs is 1. The molecule has 0 unspecified atom stereocenters. The van der Waals surface area contributed by atoms with Gasteiger partial charge in [0, 0.05) is 16.7 Å². The van der Waals surface area contributed by atoms with Crippen LogP contribution in [0.5, 0.6) is 0 Å². The monoisotopic (exact) mass is 418 g/mol. The molecule has 4 N–H and O–H groups in total. The summed E-state index contributed by atoms with van der Waals surface area (Å²) in [5.41, 5.74) is 4.39. The first-order valence-electron chi connectivity index (χ1n) is 8.35. The van der Waals surface area contributed by atoms with Crippen LogP contribution in [-0.4, -0.2) is 33.0 Å². The molecule has 0 fully saturated rings. The van der Waals surface area contributed by atoms with E-state index in [1.165, 1.54) is 0 Å². The molecule has 0 radical (unpaired) electrons. The van der Waals surface area contributed by atoms with Gasteiger partial charge in [0.15, 0.2) is 0 Å². The number of benzene rings is 1. The second kappa shape index (κ2) is 7.02.